The number of amides is 1. The molecule has 0 unspecified atom stereocenters. The Hall–Kier alpha value is -1.94. The van der Waals surface area contributed by atoms with Crippen molar-refractivity contribution in [1.82, 2.24) is 9.88 Å². The second kappa shape index (κ2) is 5.36. The first kappa shape index (κ1) is 13.7. The second-order valence-corrected chi connectivity index (χ2v) is 6.40. The van der Waals surface area contributed by atoms with E-state index in [4.69, 9.17) is 4.74 Å². The van der Waals surface area contributed by atoms with Crippen LogP contribution in [0.2, 0.25) is 0 Å². The van der Waals surface area contributed by atoms with E-state index in [9.17, 15) is 4.79 Å². The summed E-state index contributed by atoms with van der Waals surface area (Å²) >= 11 is 0. The number of piperidine rings is 1. The molecular weight excluding hydrogens is 276 g/mol. The molecule has 2 fully saturated rings. The van der Waals surface area contributed by atoms with Crippen molar-refractivity contribution in [3.8, 4) is 0 Å². The van der Waals surface area contributed by atoms with Gasteiger partial charge in [0, 0.05) is 30.6 Å². The van der Waals surface area contributed by atoms with Gasteiger partial charge in [-0.25, -0.2) is 0 Å². The summed E-state index contributed by atoms with van der Waals surface area (Å²) in [6.45, 7) is 3.72. The Morgan fingerprint density at radius 2 is 2.18 bits per heavy atom. The molecule has 22 heavy (non-hydrogen) atoms. The molecule has 2 aliphatic rings. The summed E-state index contributed by atoms with van der Waals surface area (Å²) in [6, 6.07) is 9.67. The summed E-state index contributed by atoms with van der Waals surface area (Å²) in [7, 11) is 0. The molecule has 0 bridgehead atoms. The number of fused-ring (bicyclic) bond motifs is 2. The van der Waals surface area contributed by atoms with Crippen LogP contribution in [0.25, 0.3) is 10.9 Å². The summed E-state index contributed by atoms with van der Waals surface area (Å²) in [5.74, 6) is 0.609. The fourth-order valence-electron chi connectivity index (χ4n) is 3.83. The van der Waals surface area contributed by atoms with E-state index in [0.717, 1.165) is 42.4 Å². The zero-order valence-corrected chi connectivity index (χ0v) is 12.7. The predicted octanol–water partition coefficient (Wildman–Crippen LogP) is 2.87. The van der Waals surface area contributed by atoms with E-state index < -0.39 is 0 Å². The van der Waals surface area contributed by atoms with Crippen molar-refractivity contribution in [2.75, 3.05) is 13.1 Å². The first-order valence-corrected chi connectivity index (χ1v) is 8.01. The molecule has 0 aliphatic carbocycles. The SMILES string of the molecule is C[C@H]1C[C@H]2CN(C(=O)c3ccnc4ccccc34)CC[C@H]2O1. The third kappa shape index (κ3) is 2.28. The number of nitrogens with zero attached hydrogens (tertiary/aromatic N) is 2. The lowest BCUT2D eigenvalue weighted by Crippen LogP contribution is -2.44. The number of pyridine rings is 1. The smallest absolute Gasteiger partial charge is 0.254 e. The minimum atomic E-state index is 0.122. The van der Waals surface area contributed by atoms with Gasteiger partial charge in [0.15, 0.2) is 0 Å². The van der Waals surface area contributed by atoms with Crippen molar-refractivity contribution in [2.24, 2.45) is 5.92 Å². The first-order chi connectivity index (χ1) is 10.7. The van der Waals surface area contributed by atoms with Crippen LogP contribution in [0.5, 0.6) is 0 Å². The van der Waals surface area contributed by atoms with Crippen molar-refractivity contribution >= 4 is 16.8 Å². The van der Waals surface area contributed by atoms with Gasteiger partial charge in [0.05, 0.1) is 23.3 Å². The Morgan fingerprint density at radius 1 is 1.32 bits per heavy atom. The number of para-hydroxylation sites is 1. The maximum atomic E-state index is 12.9. The van der Waals surface area contributed by atoms with Crippen LogP contribution in [-0.2, 0) is 4.74 Å². The highest BCUT2D eigenvalue weighted by Crippen LogP contribution is 2.33. The molecule has 2 aromatic rings. The Kier molecular flexibility index (Phi) is 3.34. The van der Waals surface area contributed by atoms with E-state index >= 15 is 0 Å². The molecule has 1 aromatic carbocycles. The lowest BCUT2D eigenvalue weighted by Gasteiger charge is -2.34. The Bertz CT molecular complexity index is 710. The number of likely N-dealkylation sites (tertiary alicyclic amines) is 1. The van der Waals surface area contributed by atoms with E-state index in [-0.39, 0.29) is 5.91 Å². The van der Waals surface area contributed by atoms with Gasteiger partial charge in [0.2, 0.25) is 0 Å². The number of benzene rings is 1. The molecule has 0 radical (unpaired) electrons. The third-order valence-corrected chi connectivity index (χ3v) is 4.87. The van der Waals surface area contributed by atoms with Crippen molar-refractivity contribution in [2.45, 2.75) is 32.0 Å². The van der Waals surface area contributed by atoms with Gasteiger partial charge in [-0.05, 0) is 31.9 Å². The zero-order valence-electron chi connectivity index (χ0n) is 12.7. The highest BCUT2D eigenvalue weighted by Gasteiger charge is 2.38. The average molecular weight is 296 g/mol. The third-order valence-electron chi connectivity index (χ3n) is 4.87. The molecule has 1 amide bonds. The highest BCUT2D eigenvalue weighted by atomic mass is 16.5. The summed E-state index contributed by atoms with van der Waals surface area (Å²) < 4.78 is 5.92. The number of carbonyl (C=O) groups is 1. The molecule has 0 N–H and O–H groups in total. The summed E-state index contributed by atoms with van der Waals surface area (Å²) in [5, 5.41) is 0.938. The van der Waals surface area contributed by atoms with Crippen molar-refractivity contribution in [3.05, 3.63) is 42.1 Å². The largest absolute Gasteiger partial charge is 0.375 e. The molecule has 4 heteroatoms. The summed E-state index contributed by atoms with van der Waals surface area (Å²) in [4.78, 5) is 19.3. The van der Waals surface area contributed by atoms with Crippen LogP contribution in [0.3, 0.4) is 0 Å². The standard InChI is InChI=1S/C18H20N2O2/c1-12-10-13-11-20(9-7-17(13)22-12)18(21)15-6-8-19-16-5-3-2-4-14(15)16/h2-6,8,12-13,17H,7,9-11H2,1H3/t12-,13-,17+/m0/s1. The second-order valence-electron chi connectivity index (χ2n) is 6.40. The number of carbonyl (C=O) groups excluding carboxylic acids is 1. The molecule has 0 spiro atoms. The van der Waals surface area contributed by atoms with Gasteiger partial charge >= 0.3 is 0 Å². The van der Waals surface area contributed by atoms with E-state index in [1.165, 1.54) is 0 Å². The van der Waals surface area contributed by atoms with Crippen molar-refractivity contribution in [1.29, 1.82) is 0 Å². The van der Waals surface area contributed by atoms with E-state index in [2.05, 4.69) is 11.9 Å². The number of hydrogen-bond donors (Lipinski definition) is 0. The fraction of sp³-hybridized carbons (Fsp3) is 0.444. The summed E-state index contributed by atoms with van der Waals surface area (Å²) in [6.07, 6.45) is 4.40. The van der Waals surface area contributed by atoms with Gasteiger partial charge in [0.25, 0.3) is 5.91 Å². The van der Waals surface area contributed by atoms with Gasteiger partial charge < -0.3 is 9.64 Å². The normalized spacial score (nSPS) is 27.9. The van der Waals surface area contributed by atoms with Gasteiger partial charge in [-0.15, -0.1) is 0 Å². The van der Waals surface area contributed by atoms with Gasteiger partial charge in [-0.3, -0.25) is 9.78 Å². The number of hydrogen-bond acceptors (Lipinski definition) is 3. The van der Waals surface area contributed by atoms with Crippen LogP contribution in [-0.4, -0.2) is 41.1 Å². The molecule has 3 heterocycles. The van der Waals surface area contributed by atoms with Crippen molar-refractivity contribution in [3.63, 3.8) is 0 Å². The zero-order chi connectivity index (χ0) is 15.1. The molecule has 1 aromatic heterocycles. The van der Waals surface area contributed by atoms with Crippen LogP contribution >= 0.6 is 0 Å². The molecule has 3 atom stereocenters. The Labute approximate surface area is 130 Å². The fourth-order valence-corrected chi connectivity index (χ4v) is 3.83. The minimum absolute atomic E-state index is 0.122. The van der Waals surface area contributed by atoms with E-state index in [0.29, 0.717) is 18.1 Å². The maximum absolute atomic E-state index is 12.9. The Balaban J connectivity index is 1.61. The van der Waals surface area contributed by atoms with Crippen LogP contribution in [0.1, 0.15) is 30.1 Å². The number of aromatic nitrogens is 1. The predicted molar refractivity (Wildman–Crippen MR) is 84.7 cm³/mol. The lowest BCUT2D eigenvalue weighted by atomic mass is 9.92. The molecule has 4 nitrogen and oxygen atoms in total. The van der Waals surface area contributed by atoms with Crippen molar-refractivity contribution < 1.29 is 9.53 Å². The van der Waals surface area contributed by atoms with Crippen LogP contribution < -0.4 is 0 Å². The molecule has 114 valence electrons. The molecule has 2 saturated heterocycles. The molecule has 0 saturated carbocycles. The van der Waals surface area contributed by atoms with Gasteiger partial charge in [-0.2, -0.15) is 0 Å². The maximum Gasteiger partial charge on any atom is 0.254 e. The van der Waals surface area contributed by atoms with Gasteiger partial charge in [-0.1, -0.05) is 18.2 Å². The van der Waals surface area contributed by atoms with Crippen LogP contribution in [0.15, 0.2) is 36.5 Å². The molecule has 4 rings (SSSR count). The monoisotopic (exact) mass is 296 g/mol. The number of rotatable bonds is 1. The first-order valence-electron chi connectivity index (χ1n) is 8.01. The topological polar surface area (TPSA) is 42.4 Å². The molecule has 2 aliphatic heterocycles. The summed E-state index contributed by atoms with van der Waals surface area (Å²) in [5.41, 5.74) is 1.64. The minimum Gasteiger partial charge on any atom is -0.375 e. The quantitative estimate of drug-likeness (QED) is 0.812. The highest BCUT2D eigenvalue weighted by molar-refractivity contribution is 6.06. The van der Waals surface area contributed by atoms with Crippen LogP contribution in [0, 0.1) is 5.92 Å². The Morgan fingerprint density at radius 3 is 3.09 bits per heavy atom. The van der Waals surface area contributed by atoms with Gasteiger partial charge in [0.1, 0.15) is 0 Å². The average Bonchev–Trinajstić information content (AvgIpc) is 2.92. The number of ether oxygens (including phenoxy) is 1. The van der Waals surface area contributed by atoms with E-state index in [1.807, 2.05) is 35.2 Å². The van der Waals surface area contributed by atoms with Crippen LogP contribution in [0.4, 0.5) is 0 Å². The molecular formula is C18H20N2O2. The lowest BCUT2D eigenvalue weighted by molar-refractivity contribution is 0.00870. The van der Waals surface area contributed by atoms with E-state index in [1.54, 1.807) is 6.20 Å².